The second kappa shape index (κ2) is 5.64. The molecule has 3 N–H and O–H groups in total. The summed E-state index contributed by atoms with van der Waals surface area (Å²) in [6.07, 6.45) is -8.95. The maximum Gasteiger partial charge on any atom is 0.433 e. The van der Waals surface area contributed by atoms with E-state index in [9.17, 15) is 30.7 Å². The van der Waals surface area contributed by atoms with Gasteiger partial charge in [-0.05, 0) is 0 Å². The third-order valence-electron chi connectivity index (χ3n) is 1.85. The minimum Gasteiger partial charge on any atom is -0.471 e. The molecule has 0 spiro atoms. The first-order chi connectivity index (χ1) is 9.06. The van der Waals surface area contributed by atoms with Crippen LogP contribution >= 0.6 is 0 Å². The Morgan fingerprint density at radius 1 is 1.20 bits per heavy atom. The summed E-state index contributed by atoms with van der Waals surface area (Å²) < 4.78 is 90.2. The third-order valence-corrected chi connectivity index (χ3v) is 1.85. The van der Waals surface area contributed by atoms with E-state index in [4.69, 9.17) is 5.84 Å². The second-order valence-corrected chi connectivity index (χ2v) is 3.41. The summed E-state index contributed by atoms with van der Waals surface area (Å²) in [5.41, 5.74) is 0.130. The van der Waals surface area contributed by atoms with Gasteiger partial charge < -0.3 is 4.74 Å². The molecule has 0 radical (unpaired) electrons. The molecule has 0 aromatic carbocycles. The number of halogens is 7. The molecule has 0 atom stereocenters. The quantitative estimate of drug-likeness (QED) is 0.495. The monoisotopic (exact) mass is 308 g/mol. The van der Waals surface area contributed by atoms with Crippen molar-refractivity contribution in [1.82, 2.24) is 9.97 Å². The lowest BCUT2D eigenvalue weighted by atomic mass is 10.3. The van der Waals surface area contributed by atoms with Crippen molar-refractivity contribution in [2.24, 2.45) is 5.84 Å². The smallest absolute Gasteiger partial charge is 0.433 e. The fourth-order valence-electron chi connectivity index (χ4n) is 0.942. The summed E-state index contributed by atoms with van der Waals surface area (Å²) in [4.78, 5) is 6.09. The van der Waals surface area contributed by atoms with Crippen LogP contribution in [0.25, 0.3) is 0 Å². The number of nitrogens with one attached hydrogen (secondary N) is 1. The Hall–Kier alpha value is -1.85. The number of rotatable bonds is 5. The number of aromatic nitrogens is 2. The van der Waals surface area contributed by atoms with E-state index in [1.807, 2.05) is 0 Å². The van der Waals surface area contributed by atoms with Gasteiger partial charge in [0, 0.05) is 6.07 Å². The van der Waals surface area contributed by atoms with Gasteiger partial charge in [-0.3, -0.25) is 5.43 Å². The maximum absolute atomic E-state index is 12.6. The number of hydrogen-bond acceptors (Lipinski definition) is 5. The lowest BCUT2D eigenvalue weighted by Gasteiger charge is -2.16. The van der Waals surface area contributed by atoms with E-state index in [1.54, 1.807) is 5.43 Å². The largest absolute Gasteiger partial charge is 0.471 e. The topological polar surface area (TPSA) is 73.1 Å². The Balaban J connectivity index is 2.96. The van der Waals surface area contributed by atoms with Crippen LogP contribution in [0, 0.1) is 0 Å². The van der Waals surface area contributed by atoms with Crippen LogP contribution in [-0.2, 0) is 6.18 Å². The molecule has 20 heavy (non-hydrogen) atoms. The number of ether oxygens (including phenoxy) is 1. The van der Waals surface area contributed by atoms with Crippen LogP contribution in [0.15, 0.2) is 6.07 Å². The minimum absolute atomic E-state index is 0.183. The number of nitrogens with two attached hydrogens (primary N) is 1. The van der Waals surface area contributed by atoms with Gasteiger partial charge in [0.05, 0.1) is 0 Å². The Labute approximate surface area is 106 Å². The van der Waals surface area contributed by atoms with E-state index in [0.717, 1.165) is 0 Å². The van der Waals surface area contributed by atoms with Gasteiger partial charge in [0.2, 0.25) is 11.8 Å². The van der Waals surface area contributed by atoms with Crippen molar-refractivity contribution >= 4 is 5.95 Å². The predicted octanol–water partition coefficient (Wildman–Crippen LogP) is 2.06. The van der Waals surface area contributed by atoms with Gasteiger partial charge in [0.1, 0.15) is 0 Å². The zero-order chi connectivity index (χ0) is 15.6. The van der Waals surface area contributed by atoms with Crippen molar-refractivity contribution in [1.29, 1.82) is 0 Å². The average molecular weight is 308 g/mol. The van der Waals surface area contributed by atoms with Crippen LogP contribution in [0.3, 0.4) is 0 Å². The van der Waals surface area contributed by atoms with Gasteiger partial charge in [0.15, 0.2) is 12.3 Å². The molecule has 1 aromatic rings. The lowest BCUT2D eigenvalue weighted by Crippen LogP contribution is -2.34. The van der Waals surface area contributed by atoms with Gasteiger partial charge in [-0.15, -0.1) is 0 Å². The van der Waals surface area contributed by atoms with Gasteiger partial charge in [-0.2, -0.15) is 26.9 Å². The first-order valence-corrected chi connectivity index (χ1v) is 4.78. The lowest BCUT2D eigenvalue weighted by molar-refractivity contribution is -0.149. The van der Waals surface area contributed by atoms with E-state index in [2.05, 4.69) is 14.7 Å². The van der Waals surface area contributed by atoms with E-state index < -0.39 is 42.7 Å². The molecule has 114 valence electrons. The van der Waals surface area contributed by atoms with Crippen LogP contribution in [0.2, 0.25) is 0 Å². The minimum atomic E-state index is -4.92. The summed E-state index contributed by atoms with van der Waals surface area (Å²) >= 11 is 0. The molecule has 0 aliphatic heterocycles. The summed E-state index contributed by atoms with van der Waals surface area (Å²) in [7, 11) is 0. The van der Waals surface area contributed by atoms with Crippen molar-refractivity contribution < 1.29 is 35.5 Å². The maximum atomic E-state index is 12.6. The van der Waals surface area contributed by atoms with E-state index in [0.29, 0.717) is 0 Å². The zero-order valence-corrected chi connectivity index (χ0v) is 9.39. The molecule has 0 unspecified atom stereocenters. The second-order valence-electron chi connectivity index (χ2n) is 3.41. The fraction of sp³-hybridized carbons (Fsp3) is 0.500. The zero-order valence-electron chi connectivity index (χ0n) is 9.39. The molecular weight excluding hydrogens is 301 g/mol. The third kappa shape index (κ3) is 4.08. The number of nitrogen functional groups attached to an aromatic ring is 1. The van der Waals surface area contributed by atoms with Crippen LogP contribution in [0.5, 0.6) is 5.88 Å². The number of alkyl halides is 7. The fourth-order valence-corrected chi connectivity index (χ4v) is 0.942. The number of hydrazine groups is 1. The predicted molar refractivity (Wildman–Crippen MR) is 51.3 cm³/mol. The molecule has 0 aliphatic carbocycles. The molecule has 0 amide bonds. The van der Waals surface area contributed by atoms with Crippen LogP contribution in [-0.4, -0.2) is 28.9 Å². The summed E-state index contributed by atoms with van der Waals surface area (Å²) in [6, 6.07) is 0.183. The summed E-state index contributed by atoms with van der Waals surface area (Å²) in [6.45, 7) is -1.84. The molecule has 0 bridgehead atoms. The average Bonchev–Trinajstić information content (AvgIpc) is 2.34. The van der Waals surface area contributed by atoms with Crippen LogP contribution in [0.1, 0.15) is 5.69 Å². The molecule has 5 nitrogen and oxygen atoms in total. The van der Waals surface area contributed by atoms with Gasteiger partial charge in [0.25, 0.3) is 0 Å². The number of anilines is 1. The molecule has 0 fully saturated rings. The van der Waals surface area contributed by atoms with Gasteiger partial charge >= 0.3 is 18.5 Å². The van der Waals surface area contributed by atoms with Crippen LogP contribution in [0.4, 0.5) is 36.7 Å². The van der Waals surface area contributed by atoms with E-state index in [-0.39, 0.29) is 6.07 Å². The standard InChI is InChI=1S/C8H7F7N4O/c9-5(10)7(11,12)2-20-4-1-3(8(13,14)15)17-6(18-4)19-16/h1,5H,2,16H2,(H,17,18,19). The molecule has 0 saturated heterocycles. The Kier molecular flexibility index (Phi) is 4.57. The first kappa shape index (κ1) is 16.2. The molecular formula is C8H7F7N4O. The highest BCUT2D eigenvalue weighted by Crippen LogP contribution is 2.31. The normalized spacial score (nSPS) is 12.7. The summed E-state index contributed by atoms with van der Waals surface area (Å²) in [5.74, 6) is -1.47. The molecule has 0 aliphatic rings. The van der Waals surface area contributed by atoms with E-state index in [1.165, 1.54) is 0 Å². The van der Waals surface area contributed by atoms with Crippen molar-refractivity contribution in [3.8, 4) is 5.88 Å². The highest BCUT2D eigenvalue weighted by atomic mass is 19.4. The Morgan fingerprint density at radius 3 is 2.25 bits per heavy atom. The van der Waals surface area contributed by atoms with Gasteiger partial charge in [-0.1, -0.05) is 0 Å². The van der Waals surface area contributed by atoms with Crippen molar-refractivity contribution in [3.63, 3.8) is 0 Å². The Morgan fingerprint density at radius 2 is 1.80 bits per heavy atom. The number of nitrogens with zero attached hydrogens (tertiary/aromatic N) is 2. The SMILES string of the molecule is NNc1nc(OCC(F)(F)C(F)F)cc(C(F)(F)F)n1. The highest BCUT2D eigenvalue weighted by Gasteiger charge is 2.42. The highest BCUT2D eigenvalue weighted by molar-refractivity contribution is 5.30. The van der Waals surface area contributed by atoms with Crippen LogP contribution < -0.4 is 16.0 Å². The van der Waals surface area contributed by atoms with Crippen molar-refractivity contribution in [2.75, 3.05) is 12.0 Å². The van der Waals surface area contributed by atoms with Crippen molar-refractivity contribution in [3.05, 3.63) is 11.8 Å². The molecule has 1 aromatic heterocycles. The summed E-state index contributed by atoms with van der Waals surface area (Å²) in [5, 5.41) is 0. The molecule has 1 rings (SSSR count). The molecule has 12 heteroatoms. The molecule has 1 heterocycles. The number of hydrogen-bond donors (Lipinski definition) is 2. The van der Waals surface area contributed by atoms with Crippen molar-refractivity contribution in [2.45, 2.75) is 18.5 Å². The van der Waals surface area contributed by atoms with Gasteiger partial charge in [-0.25, -0.2) is 19.6 Å². The first-order valence-electron chi connectivity index (χ1n) is 4.78. The Bertz CT molecular complexity index is 465. The van der Waals surface area contributed by atoms with E-state index >= 15 is 0 Å². The molecule has 0 saturated carbocycles.